The molecule has 8 nitrogen and oxygen atoms in total. The van der Waals surface area contributed by atoms with Crippen molar-refractivity contribution in [2.24, 2.45) is 0 Å². The molecule has 3 rings (SSSR count). The first-order valence-electron chi connectivity index (χ1n) is 7.87. The number of rotatable bonds is 3. The van der Waals surface area contributed by atoms with E-state index in [1.165, 1.54) is 6.26 Å². The quantitative estimate of drug-likeness (QED) is 0.674. The smallest absolute Gasteiger partial charge is 0.289 e. The highest BCUT2D eigenvalue weighted by atomic mass is 16.3. The standard InChI is InChI=1S/C15H20N4O4/c20-13(10-11-14(21)17-4-3-16-11)18-5-7-19(8-6-18)15(22)12-2-1-9-23-12/h1-2,9,11,16H,3-8,10H2,(H,17,21)/p+1/t11-/m1/s1. The summed E-state index contributed by atoms with van der Waals surface area (Å²) in [6.45, 7) is 3.38. The van der Waals surface area contributed by atoms with Crippen molar-refractivity contribution in [1.29, 1.82) is 0 Å². The summed E-state index contributed by atoms with van der Waals surface area (Å²) in [7, 11) is 0. The Kier molecular flexibility index (Phi) is 4.61. The number of nitrogens with two attached hydrogens (primary N) is 1. The summed E-state index contributed by atoms with van der Waals surface area (Å²) >= 11 is 0. The molecule has 0 spiro atoms. The van der Waals surface area contributed by atoms with Crippen molar-refractivity contribution in [2.75, 3.05) is 39.3 Å². The van der Waals surface area contributed by atoms with E-state index in [1.807, 2.05) is 5.32 Å². The molecule has 1 aromatic heterocycles. The van der Waals surface area contributed by atoms with E-state index in [9.17, 15) is 14.4 Å². The molecule has 0 saturated carbocycles. The molecular formula is C15H21N4O4+. The van der Waals surface area contributed by atoms with Gasteiger partial charge in [-0.15, -0.1) is 0 Å². The van der Waals surface area contributed by atoms with E-state index >= 15 is 0 Å². The summed E-state index contributed by atoms with van der Waals surface area (Å²) in [6.07, 6.45) is 1.68. The fraction of sp³-hybridized carbons (Fsp3) is 0.533. The molecule has 0 unspecified atom stereocenters. The van der Waals surface area contributed by atoms with E-state index in [2.05, 4.69) is 5.32 Å². The second-order valence-corrected chi connectivity index (χ2v) is 5.78. The Morgan fingerprint density at radius 3 is 2.65 bits per heavy atom. The number of quaternary nitrogens is 1. The first kappa shape index (κ1) is 15.5. The van der Waals surface area contributed by atoms with Gasteiger partial charge >= 0.3 is 0 Å². The van der Waals surface area contributed by atoms with Crippen molar-refractivity contribution in [3.63, 3.8) is 0 Å². The second-order valence-electron chi connectivity index (χ2n) is 5.78. The van der Waals surface area contributed by atoms with E-state index in [1.54, 1.807) is 21.9 Å². The molecule has 1 atom stereocenters. The highest BCUT2D eigenvalue weighted by Crippen LogP contribution is 2.10. The van der Waals surface area contributed by atoms with Crippen LogP contribution in [-0.2, 0) is 9.59 Å². The Bertz CT molecular complexity index is 578. The van der Waals surface area contributed by atoms with Gasteiger partial charge in [0.25, 0.3) is 11.8 Å². The maximum absolute atomic E-state index is 12.3. The Balaban J connectivity index is 1.49. The lowest BCUT2D eigenvalue weighted by Crippen LogP contribution is -2.96. The molecule has 0 aromatic carbocycles. The summed E-state index contributed by atoms with van der Waals surface area (Å²) in [6, 6.07) is 2.98. The van der Waals surface area contributed by atoms with Crippen molar-refractivity contribution >= 4 is 17.7 Å². The molecule has 2 saturated heterocycles. The molecule has 3 amide bonds. The molecule has 8 heteroatoms. The molecule has 0 bridgehead atoms. The number of nitrogens with zero attached hydrogens (tertiary/aromatic N) is 2. The zero-order chi connectivity index (χ0) is 16.2. The average molecular weight is 321 g/mol. The topological polar surface area (TPSA) is 99.5 Å². The van der Waals surface area contributed by atoms with Crippen LogP contribution >= 0.6 is 0 Å². The zero-order valence-electron chi connectivity index (χ0n) is 12.9. The van der Waals surface area contributed by atoms with Gasteiger partial charge in [0, 0.05) is 26.2 Å². The summed E-state index contributed by atoms with van der Waals surface area (Å²) in [5.74, 6) is 0.0602. The third kappa shape index (κ3) is 3.53. The molecule has 23 heavy (non-hydrogen) atoms. The molecular weight excluding hydrogens is 300 g/mol. The van der Waals surface area contributed by atoms with Crippen LogP contribution < -0.4 is 10.6 Å². The lowest BCUT2D eigenvalue weighted by atomic mass is 10.1. The maximum Gasteiger partial charge on any atom is 0.289 e. The van der Waals surface area contributed by atoms with Gasteiger partial charge in [0.2, 0.25) is 5.91 Å². The third-order valence-electron chi connectivity index (χ3n) is 4.28. The van der Waals surface area contributed by atoms with E-state index < -0.39 is 0 Å². The fourth-order valence-corrected chi connectivity index (χ4v) is 2.93. The maximum atomic E-state index is 12.3. The molecule has 1 aromatic rings. The monoisotopic (exact) mass is 321 g/mol. The number of carbonyl (C=O) groups is 3. The minimum absolute atomic E-state index is 0.0339. The van der Waals surface area contributed by atoms with Gasteiger partial charge in [-0.3, -0.25) is 14.4 Å². The van der Waals surface area contributed by atoms with E-state index in [0.29, 0.717) is 38.5 Å². The Hall–Kier alpha value is -2.35. The second kappa shape index (κ2) is 6.82. The van der Waals surface area contributed by atoms with Crippen molar-refractivity contribution in [2.45, 2.75) is 12.5 Å². The van der Waals surface area contributed by atoms with Gasteiger partial charge in [0.15, 0.2) is 11.8 Å². The number of amides is 3. The number of piperazine rings is 2. The highest BCUT2D eigenvalue weighted by molar-refractivity contribution is 5.92. The van der Waals surface area contributed by atoms with Crippen molar-refractivity contribution < 1.29 is 24.1 Å². The first-order valence-corrected chi connectivity index (χ1v) is 7.87. The average Bonchev–Trinajstić information content (AvgIpc) is 3.11. The minimum atomic E-state index is -0.334. The first-order chi connectivity index (χ1) is 11.1. The van der Waals surface area contributed by atoms with Crippen LogP contribution in [0.25, 0.3) is 0 Å². The highest BCUT2D eigenvalue weighted by Gasteiger charge is 2.32. The summed E-state index contributed by atoms with van der Waals surface area (Å²) in [4.78, 5) is 39.6. The van der Waals surface area contributed by atoms with Crippen LogP contribution in [0.15, 0.2) is 22.8 Å². The van der Waals surface area contributed by atoms with Gasteiger partial charge in [-0.1, -0.05) is 0 Å². The molecule has 2 aliphatic rings. The van der Waals surface area contributed by atoms with E-state index in [0.717, 1.165) is 6.54 Å². The third-order valence-corrected chi connectivity index (χ3v) is 4.28. The molecule has 0 radical (unpaired) electrons. The van der Waals surface area contributed by atoms with Crippen LogP contribution in [0.1, 0.15) is 17.0 Å². The predicted octanol–water partition coefficient (Wildman–Crippen LogP) is -1.98. The molecule has 0 aliphatic carbocycles. The Morgan fingerprint density at radius 1 is 1.26 bits per heavy atom. The van der Waals surface area contributed by atoms with Crippen LogP contribution in [0.5, 0.6) is 0 Å². The number of furan rings is 1. The largest absolute Gasteiger partial charge is 0.459 e. The summed E-state index contributed by atoms with van der Waals surface area (Å²) in [5, 5.41) is 4.68. The van der Waals surface area contributed by atoms with Crippen molar-refractivity contribution in [1.82, 2.24) is 15.1 Å². The zero-order valence-corrected chi connectivity index (χ0v) is 12.9. The van der Waals surface area contributed by atoms with Gasteiger partial charge in [-0.2, -0.15) is 0 Å². The molecule has 3 heterocycles. The normalized spacial score (nSPS) is 21.9. The minimum Gasteiger partial charge on any atom is -0.459 e. The number of hydrogen-bond acceptors (Lipinski definition) is 4. The van der Waals surface area contributed by atoms with Crippen LogP contribution in [0, 0.1) is 0 Å². The van der Waals surface area contributed by atoms with Crippen LogP contribution in [0.2, 0.25) is 0 Å². The number of carbonyl (C=O) groups excluding carboxylic acids is 3. The van der Waals surface area contributed by atoms with Crippen molar-refractivity contribution in [3.05, 3.63) is 24.2 Å². The predicted molar refractivity (Wildman–Crippen MR) is 79.4 cm³/mol. The van der Waals surface area contributed by atoms with Gasteiger partial charge in [-0.25, -0.2) is 0 Å². The lowest BCUT2D eigenvalue weighted by Gasteiger charge is -2.35. The SMILES string of the molecule is O=C1NCC[NH2+][C@@H]1CC(=O)N1CCN(C(=O)c2ccco2)CC1. The molecule has 124 valence electrons. The van der Waals surface area contributed by atoms with Crippen molar-refractivity contribution in [3.8, 4) is 0 Å². The Morgan fingerprint density at radius 2 is 2.00 bits per heavy atom. The number of nitrogens with one attached hydrogen (secondary N) is 1. The summed E-state index contributed by atoms with van der Waals surface area (Å²) in [5.41, 5.74) is 0. The molecule has 2 fully saturated rings. The lowest BCUT2D eigenvalue weighted by molar-refractivity contribution is -0.678. The van der Waals surface area contributed by atoms with Crippen LogP contribution in [0.3, 0.4) is 0 Å². The van der Waals surface area contributed by atoms with E-state index in [-0.39, 0.29) is 30.2 Å². The van der Waals surface area contributed by atoms with Gasteiger partial charge < -0.3 is 24.9 Å². The van der Waals surface area contributed by atoms with Gasteiger partial charge in [-0.05, 0) is 12.1 Å². The summed E-state index contributed by atoms with van der Waals surface area (Å²) < 4.78 is 5.11. The number of hydrogen-bond donors (Lipinski definition) is 2. The molecule has 2 aliphatic heterocycles. The van der Waals surface area contributed by atoms with Crippen LogP contribution in [-0.4, -0.2) is 72.8 Å². The Labute approximate surface area is 133 Å². The van der Waals surface area contributed by atoms with Crippen LogP contribution in [0.4, 0.5) is 0 Å². The van der Waals surface area contributed by atoms with E-state index in [4.69, 9.17) is 4.42 Å². The van der Waals surface area contributed by atoms with Gasteiger partial charge in [0.05, 0.1) is 25.8 Å². The molecule has 3 N–H and O–H groups in total. The van der Waals surface area contributed by atoms with Gasteiger partial charge in [0.1, 0.15) is 0 Å². The fourth-order valence-electron chi connectivity index (χ4n) is 2.93.